The van der Waals surface area contributed by atoms with Crippen molar-refractivity contribution < 1.29 is 9.32 Å². The highest BCUT2D eigenvalue weighted by Gasteiger charge is 2.23. The fraction of sp³-hybridized carbons (Fsp3) is 0.714. The Morgan fingerprint density at radius 2 is 2.05 bits per heavy atom. The third kappa shape index (κ3) is 4.06. The van der Waals surface area contributed by atoms with Crippen LogP contribution in [0.15, 0.2) is 10.6 Å². The van der Waals surface area contributed by atoms with E-state index in [1.54, 1.807) is 6.07 Å². The van der Waals surface area contributed by atoms with Gasteiger partial charge in [-0.15, -0.1) is 0 Å². The van der Waals surface area contributed by atoms with Gasteiger partial charge >= 0.3 is 0 Å². The number of nitrogens with one attached hydrogen (secondary N) is 2. The molecule has 1 aliphatic carbocycles. The van der Waals surface area contributed by atoms with E-state index >= 15 is 0 Å². The number of carbonyl (C=O) groups excluding carboxylic acids is 1. The number of nitrogens with zero attached hydrogens (tertiary/aromatic N) is 1. The zero-order valence-electron chi connectivity index (χ0n) is 11.7. The van der Waals surface area contributed by atoms with Crippen molar-refractivity contribution in [1.82, 2.24) is 15.8 Å². The van der Waals surface area contributed by atoms with Gasteiger partial charge in [-0.25, -0.2) is 0 Å². The Kier molecular flexibility index (Phi) is 4.96. The van der Waals surface area contributed by atoms with Crippen LogP contribution in [-0.4, -0.2) is 29.7 Å². The van der Waals surface area contributed by atoms with Crippen molar-refractivity contribution in [3.8, 4) is 0 Å². The SMILES string of the molecule is CCCNC1CCC(NC(=O)c2cc(C)no2)CC1. The fourth-order valence-electron chi connectivity index (χ4n) is 2.52. The van der Waals surface area contributed by atoms with Crippen molar-refractivity contribution in [3.05, 3.63) is 17.5 Å². The quantitative estimate of drug-likeness (QED) is 0.854. The molecule has 1 aliphatic rings. The Morgan fingerprint density at radius 3 is 2.63 bits per heavy atom. The number of aromatic nitrogens is 1. The van der Waals surface area contributed by atoms with Crippen LogP contribution in [0.25, 0.3) is 0 Å². The zero-order chi connectivity index (χ0) is 13.7. The van der Waals surface area contributed by atoms with E-state index in [1.807, 2.05) is 6.92 Å². The molecule has 0 radical (unpaired) electrons. The molecular formula is C14H23N3O2. The first-order chi connectivity index (χ1) is 9.19. The molecule has 1 aromatic rings. The highest BCUT2D eigenvalue weighted by Crippen LogP contribution is 2.19. The lowest BCUT2D eigenvalue weighted by Gasteiger charge is -2.29. The van der Waals surface area contributed by atoms with E-state index in [0.29, 0.717) is 11.8 Å². The van der Waals surface area contributed by atoms with Crippen LogP contribution in [-0.2, 0) is 0 Å². The van der Waals surface area contributed by atoms with E-state index < -0.39 is 0 Å². The summed E-state index contributed by atoms with van der Waals surface area (Å²) in [6, 6.07) is 2.54. The first kappa shape index (κ1) is 14.1. The molecule has 19 heavy (non-hydrogen) atoms. The topological polar surface area (TPSA) is 67.2 Å². The van der Waals surface area contributed by atoms with Crippen LogP contribution in [0, 0.1) is 6.92 Å². The second kappa shape index (κ2) is 6.70. The number of aryl methyl sites for hydroxylation is 1. The maximum atomic E-state index is 11.9. The number of carbonyl (C=O) groups is 1. The number of amides is 1. The molecule has 1 fully saturated rings. The molecule has 0 bridgehead atoms. The highest BCUT2D eigenvalue weighted by molar-refractivity contribution is 5.91. The molecule has 106 valence electrons. The molecule has 2 rings (SSSR count). The van der Waals surface area contributed by atoms with Gasteiger partial charge in [0.1, 0.15) is 0 Å². The van der Waals surface area contributed by atoms with Crippen molar-refractivity contribution >= 4 is 5.91 Å². The van der Waals surface area contributed by atoms with Crippen molar-refractivity contribution in [2.24, 2.45) is 0 Å². The van der Waals surface area contributed by atoms with Gasteiger partial charge in [-0.1, -0.05) is 12.1 Å². The third-order valence-corrected chi connectivity index (χ3v) is 3.60. The summed E-state index contributed by atoms with van der Waals surface area (Å²) in [5.74, 6) is 0.161. The van der Waals surface area contributed by atoms with Gasteiger partial charge in [0.2, 0.25) is 5.76 Å². The van der Waals surface area contributed by atoms with Crippen LogP contribution in [0.4, 0.5) is 0 Å². The van der Waals surface area contributed by atoms with Gasteiger partial charge in [0.15, 0.2) is 0 Å². The lowest BCUT2D eigenvalue weighted by molar-refractivity contribution is 0.0887. The first-order valence-corrected chi connectivity index (χ1v) is 7.16. The first-order valence-electron chi connectivity index (χ1n) is 7.16. The minimum atomic E-state index is -0.148. The molecule has 0 saturated heterocycles. The Bertz CT molecular complexity index is 409. The van der Waals surface area contributed by atoms with Gasteiger partial charge in [-0.3, -0.25) is 4.79 Å². The predicted octanol–water partition coefficient (Wildman–Crippen LogP) is 2.02. The van der Waals surface area contributed by atoms with Gasteiger partial charge < -0.3 is 15.2 Å². The smallest absolute Gasteiger partial charge is 0.290 e. The molecule has 0 spiro atoms. The molecular weight excluding hydrogens is 242 g/mol. The van der Waals surface area contributed by atoms with Crippen LogP contribution in [0.2, 0.25) is 0 Å². The minimum absolute atomic E-state index is 0.148. The second-order valence-electron chi connectivity index (χ2n) is 5.31. The van der Waals surface area contributed by atoms with E-state index in [2.05, 4.69) is 22.7 Å². The molecule has 1 aromatic heterocycles. The predicted molar refractivity (Wildman–Crippen MR) is 73.0 cm³/mol. The third-order valence-electron chi connectivity index (χ3n) is 3.60. The van der Waals surface area contributed by atoms with Gasteiger partial charge in [0.05, 0.1) is 5.69 Å². The molecule has 0 aromatic carbocycles. The Labute approximate surface area is 114 Å². The van der Waals surface area contributed by atoms with Crippen LogP contribution in [0.1, 0.15) is 55.3 Å². The molecule has 2 N–H and O–H groups in total. The normalized spacial score (nSPS) is 23.3. The van der Waals surface area contributed by atoms with E-state index in [1.165, 1.54) is 6.42 Å². The molecule has 1 heterocycles. The van der Waals surface area contributed by atoms with Crippen molar-refractivity contribution in [2.75, 3.05) is 6.54 Å². The van der Waals surface area contributed by atoms with Crippen LogP contribution >= 0.6 is 0 Å². The van der Waals surface area contributed by atoms with Gasteiger partial charge in [0.25, 0.3) is 5.91 Å². The average Bonchev–Trinajstić information content (AvgIpc) is 2.85. The number of hydrogen-bond donors (Lipinski definition) is 2. The molecule has 0 aliphatic heterocycles. The molecule has 5 heteroatoms. The van der Waals surface area contributed by atoms with Gasteiger partial charge in [-0.2, -0.15) is 0 Å². The van der Waals surface area contributed by atoms with Crippen molar-refractivity contribution in [1.29, 1.82) is 0 Å². The molecule has 1 amide bonds. The Hall–Kier alpha value is -1.36. The second-order valence-corrected chi connectivity index (χ2v) is 5.31. The monoisotopic (exact) mass is 265 g/mol. The van der Waals surface area contributed by atoms with Crippen LogP contribution in [0.5, 0.6) is 0 Å². The lowest BCUT2D eigenvalue weighted by Crippen LogP contribution is -2.42. The summed E-state index contributed by atoms with van der Waals surface area (Å²) in [6.45, 7) is 5.07. The highest BCUT2D eigenvalue weighted by atomic mass is 16.5. The molecule has 0 atom stereocenters. The van der Waals surface area contributed by atoms with Crippen LogP contribution < -0.4 is 10.6 Å². The summed E-state index contributed by atoms with van der Waals surface area (Å²) in [5, 5.41) is 10.3. The molecule has 5 nitrogen and oxygen atoms in total. The Morgan fingerprint density at radius 1 is 1.37 bits per heavy atom. The van der Waals surface area contributed by atoms with E-state index in [0.717, 1.165) is 37.9 Å². The number of hydrogen-bond acceptors (Lipinski definition) is 4. The fourth-order valence-corrected chi connectivity index (χ4v) is 2.52. The lowest BCUT2D eigenvalue weighted by atomic mass is 9.91. The van der Waals surface area contributed by atoms with Gasteiger partial charge in [0, 0.05) is 18.2 Å². The van der Waals surface area contributed by atoms with Crippen molar-refractivity contribution in [2.45, 2.75) is 58.0 Å². The summed E-state index contributed by atoms with van der Waals surface area (Å²) in [4.78, 5) is 11.9. The summed E-state index contributed by atoms with van der Waals surface area (Å²) >= 11 is 0. The maximum Gasteiger partial charge on any atom is 0.290 e. The summed E-state index contributed by atoms with van der Waals surface area (Å²) < 4.78 is 4.97. The standard InChI is InChI=1S/C14H23N3O2/c1-3-8-15-11-4-6-12(7-5-11)16-14(18)13-9-10(2)17-19-13/h9,11-12,15H,3-8H2,1-2H3,(H,16,18). The van der Waals surface area contributed by atoms with E-state index in [4.69, 9.17) is 4.52 Å². The summed E-state index contributed by atoms with van der Waals surface area (Å²) in [7, 11) is 0. The Balaban J connectivity index is 1.75. The van der Waals surface area contributed by atoms with Crippen LogP contribution in [0.3, 0.4) is 0 Å². The number of rotatable bonds is 5. The summed E-state index contributed by atoms with van der Waals surface area (Å²) in [6.07, 6.45) is 5.47. The van der Waals surface area contributed by atoms with E-state index in [-0.39, 0.29) is 11.9 Å². The molecule has 0 unspecified atom stereocenters. The van der Waals surface area contributed by atoms with Gasteiger partial charge in [-0.05, 0) is 45.6 Å². The largest absolute Gasteiger partial charge is 0.351 e. The molecule has 1 saturated carbocycles. The zero-order valence-corrected chi connectivity index (χ0v) is 11.7. The average molecular weight is 265 g/mol. The minimum Gasteiger partial charge on any atom is -0.351 e. The summed E-state index contributed by atoms with van der Waals surface area (Å²) in [5.41, 5.74) is 0.734. The van der Waals surface area contributed by atoms with E-state index in [9.17, 15) is 4.79 Å². The van der Waals surface area contributed by atoms with Crippen molar-refractivity contribution in [3.63, 3.8) is 0 Å². The maximum absolute atomic E-state index is 11.9.